The van der Waals surface area contributed by atoms with Crippen LogP contribution in [0.4, 0.5) is 5.69 Å². The molecular weight excluding hydrogens is 418 g/mol. The summed E-state index contributed by atoms with van der Waals surface area (Å²) in [4.78, 5) is 53.9. The van der Waals surface area contributed by atoms with E-state index in [9.17, 15) is 19.2 Å². The molecule has 1 unspecified atom stereocenters. The third-order valence-electron chi connectivity index (χ3n) is 5.22. The van der Waals surface area contributed by atoms with E-state index >= 15 is 0 Å². The summed E-state index contributed by atoms with van der Waals surface area (Å²) < 4.78 is 15.7. The molecule has 32 heavy (non-hydrogen) atoms. The molecule has 2 aromatic rings. The number of aromatic nitrogens is 1. The molecule has 10 nitrogen and oxygen atoms in total. The fourth-order valence-corrected chi connectivity index (χ4v) is 3.55. The lowest BCUT2D eigenvalue weighted by Crippen LogP contribution is -2.51. The van der Waals surface area contributed by atoms with Crippen molar-refractivity contribution in [1.82, 2.24) is 10.3 Å². The highest BCUT2D eigenvalue weighted by Gasteiger charge is 2.34. The fourth-order valence-electron chi connectivity index (χ4n) is 3.55. The minimum atomic E-state index is -0.894. The molecule has 1 aliphatic heterocycles. The second-order valence-electron chi connectivity index (χ2n) is 7.09. The van der Waals surface area contributed by atoms with E-state index in [0.717, 1.165) is 0 Å². The van der Waals surface area contributed by atoms with Crippen LogP contribution in [0.2, 0.25) is 0 Å². The molecule has 0 radical (unpaired) electrons. The second-order valence-corrected chi connectivity index (χ2v) is 7.09. The van der Waals surface area contributed by atoms with Crippen LogP contribution in [0.1, 0.15) is 39.0 Å². The van der Waals surface area contributed by atoms with Gasteiger partial charge in [0.1, 0.15) is 11.4 Å². The lowest BCUT2D eigenvalue weighted by atomic mass is 10.1. The molecule has 1 aromatic carbocycles. The highest BCUT2D eigenvalue weighted by molar-refractivity contribution is 6.01. The second kappa shape index (κ2) is 9.54. The van der Waals surface area contributed by atoms with Crippen molar-refractivity contribution in [2.75, 3.05) is 32.2 Å². The molecule has 1 aliphatic rings. The molecule has 0 fully saturated rings. The van der Waals surface area contributed by atoms with Crippen LogP contribution in [0.5, 0.6) is 5.75 Å². The van der Waals surface area contributed by atoms with E-state index in [2.05, 4.69) is 10.3 Å². The van der Waals surface area contributed by atoms with Crippen molar-refractivity contribution in [2.45, 2.75) is 26.4 Å². The van der Waals surface area contributed by atoms with Crippen LogP contribution in [0.25, 0.3) is 0 Å². The average Bonchev–Trinajstić information content (AvgIpc) is 3.16. The van der Waals surface area contributed by atoms with Gasteiger partial charge in [-0.05, 0) is 31.0 Å². The summed E-state index contributed by atoms with van der Waals surface area (Å²) in [6.45, 7) is 2.85. The van der Waals surface area contributed by atoms with E-state index in [1.165, 1.54) is 19.1 Å². The molecule has 170 valence electrons. The third kappa shape index (κ3) is 4.29. The van der Waals surface area contributed by atoms with Crippen LogP contribution in [0.15, 0.2) is 24.3 Å². The molecule has 0 bridgehead atoms. The van der Waals surface area contributed by atoms with Gasteiger partial charge in [-0.15, -0.1) is 0 Å². The van der Waals surface area contributed by atoms with Gasteiger partial charge in [0.25, 0.3) is 11.8 Å². The maximum absolute atomic E-state index is 12.9. The van der Waals surface area contributed by atoms with Crippen LogP contribution >= 0.6 is 0 Å². The Hall–Kier alpha value is -3.82. The van der Waals surface area contributed by atoms with Crippen LogP contribution in [-0.4, -0.2) is 62.2 Å². The molecule has 0 aliphatic carbocycles. The van der Waals surface area contributed by atoms with E-state index in [0.29, 0.717) is 29.1 Å². The largest absolute Gasteiger partial charge is 0.477 e. The molecular formula is C22H25N3O7. The van der Waals surface area contributed by atoms with Crippen molar-refractivity contribution in [3.8, 4) is 5.75 Å². The number of amides is 2. The number of aromatic amines is 1. The van der Waals surface area contributed by atoms with Crippen LogP contribution in [0, 0.1) is 6.92 Å². The number of para-hydroxylation sites is 2. The number of nitrogens with zero attached hydrogens (tertiary/aromatic N) is 1. The van der Waals surface area contributed by atoms with Gasteiger partial charge in [-0.1, -0.05) is 19.1 Å². The number of nitrogens with one attached hydrogen (secondary N) is 2. The fraction of sp³-hybridized carbons (Fsp3) is 0.364. The van der Waals surface area contributed by atoms with Crippen molar-refractivity contribution < 1.29 is 33.4 Å². The number of H-pyrrole nitrogens is 1. The standard InChI is InChI=1S/C22H25N3O7/c1-5-13-18(21(28)30-4)12(2)19(24-13)22(29)31-11-17(26)25-10-16(20(27)23-3)32-15-9-7-6-8-14(15)25/h6-9,16,24H,5,10-11H2,1-4H3,(H,23,27). The molecule has 0 saturated heterocycles. The first-order valence-electron chi connectivity index (χ1n) is 10.1. The van der Waals surface area contributed by atoms with Gasteiger partial charge in [-0.25, -0.2) is 9.59 Å². The first-order chi connectivity index (χ1) is 15.3. The predicted molar refractivity (Wildman–Crippen MR) is 114 cm³/mol. The first kappa shape index (κ1) is 22.9. The maximum Gasteiger partial charge on any atom is 0.355 e. The van der Waals surface area contributed by atoms with E-state index in [1.54, 1.807) is 31.2 Å². The van der Waals surface area contributed by atoms with Crippen molar-refractivity contribution in [1.29, 1.82) is 0 Å². The topological polar surface area (TPSA) is 127 Å². The van der Waals surface area contributed by atoms with E-state index in [4.69, 9.17) is 14.2 Å². The predicted octanol–water partition coefficient (Wildman–Crippen LogP) is 1.37. The molecule has 0 saturated carbocycles. The highest BCUT2D eigenvalue weighted by atomic mass is 16.5. The number of hydrogen-bond donors (Lipinski definition) is 2. The van der Waals surface area contributed by atoms with Gasteiger partial charge in [-0.2, -0.15) is 0 Å². The number of rotatable bonds is 6. The summed E-state index contributed by atoms with van der Waals surface area (Å²) in [6.07, 6.45) is -0.418. The Bertz CT molecular complexity index is 1060. The SMILES string of the molecule is CCc1[nH]c(C(=O)OCC(=O)N2CC(C(=O)NC)Oc3ccccc32)c(C)c1C(=O)OC. The van der Waals surface area contributed by atoms with Crippen molar-refractivity contribution in [3.63, 3.8) is 0 Å². The van der Waals surface area contributed by atoms with Gasteiger partial charge in [0.15, 0.2) is 12.7 Å². The zero-order valence-corrected chi connectivity index (χ0v) is 18.3. The first-order valence-corrected chi connectivity index (χ1v) is 10.1. The zero-order valence-electron chi connectivity index (χ0n) is 18.3. The van der Waals surface area contributed by atoms with Crippen LogP contribution in [0.3, 0.4) is 0 Å². The van der Waals surface area contributed by atoms with Gasteiger partial charge in [0, 0.05) is 12.7 Å². The van der Waals surface area contributed by atoms with E-state index in [-0.39, 0.29) is 23.7 Å². The Labute approximate surface area is 184 Å². The van der Waals surface area contributed by atoms with Gasteiger partial charge in [-0.3, -0.25) is 9.59 Å². The minimum Gasteiger partial charge on any atom is -0.477 e. The highest BCUT2D eigenvalue weighted by Crippen LogP contribution is 2.33. The van der Waals surface area contributed by atoms with E-state index < -0.39 is 30.6 Å². The van der Waals surface area contributed by atoms with Crippen LogP contribution < -0.4 is 15.0 Å². The van der Waals surface area contributed by atoms with Crippen molar-refractivity contribution in [3.05, 3.63) is 46.8 Å². The average molecular weight is 443 g/mol. The van der Waals surface area contributed by atoms with Gasteiger partial charge < -0.3 is 29.4 Å². The lowest BCUT2D eigenvalue weighted by molar-refractivity contribution is -0.128. The maximum atomic E-state index is 12.9. The number of fused-ring (bicyclic) bond motifs is 1. The van der Waals surface area contributed by atoms with Gasteiger partial charge in [0.2, 0.25) is 0 Å². The monoisotopic (exact) mass is 443 g/mol. The summed E-state index contributed by atoms with van der Waals surface area (Å²) in [5.41, 5.74) is 1.78. The van der Waals surface area contributed by atoms with Crippen molar-refractivity contribution in [2.24, 2.45) is 0 Å². The van der Waals surface area contributed by atoms with Gasteiger partial charge in [0.05, 0.1) is 24.9 Å². The number of anilines is 1. The quantitative estimate of drug-likeness (QED) is 0.646. The van der Waals surface area contributed by atoms with Gasteiger partial charge >= 0.3 is 11.9 Å². The van der Waals surface area contributed by atoms with Crippen molar-refractivity contribution >= 4 is 29.4 Å². The summed E-state index contributed by atoms with van der Waals surface area (Å²) in [5.74, 6) is -1.85. The Kier molecular flexibility index (Phi) is 6.82. The number of benzene rings is 1. The molecule has 2 N–H and O–H groups in total. The summed E-state index contributed by atoms with van der Waals surface area (Å²) in [7, 11) is 2.74. The number of ether oxygens (including phenoxy) is 3. The minimum absolute atomic E-state index is 0.0267. The smallest absolute Gasteiger partial charge is 0.355 e. The lowest BCUT2D eigenvalue weighted by Gasteiger charge is -2.33. The zero-order chi connectivity index (χ0) is 23.4. The number of aryl methyl sites for hydroxylation is 1. The Morgan fingerprint density at radius 1 is 1.22 bits per heavy atom. The molecule has 2 heterocycles. The normalized spacial score (nSPS) is 14.8. The summed E-state index contributed by atoms with van der Waals surface area (Å²) >= 11 is 0. The number of likely N-dealkylation sites (N-methyl/N-ethyl adjacent to an activating group) is 1. The number of carbonyl (C=O) groups is 4. The summed E-state index contributed by atoms with van der Waals surface area (Å²) in [6, 6.07) is 6.80. The number of esters is 2. The molecule has 10 heteroatoms. The third-order valence-corrected chi connectivity index (χ3v) is 5.22. The number of methoxy groups -OCH3 is 1. The Morgan fingerprint density at radius 2 is 1.94 bits per heavy atom. The van der Waals surface area contributed by atoms with E-state index in [1.807, 2.05) is 6.92 Å². The molecule has 2 amide bonds. The molecule has 3 rings (SSSR count). The Balaban J connectivity index is 1.77. The Morgan fingerprint density at radius 3 is 2.59 bits per heavy atom. The summed E-state index contributed by atoms with van der Waals surface area (Å²) in [5, 5.41) is 2.50. The molecule has 0 spiro atoms. The molecule has 1 aromatic heterocycles. The number of hydrogen-bond acceptors (Lipinski definition) is 7. The number of carbonyl (C=O) groups excluding carboxylic acids is 4. The molecule has 1 atom stereocenters. The van der Waals surface area contributed by atoms with Crippen LogP contribution in [-0.2, 0) is 25.5 Å².